The lowest BCUT2D eigenvalue weighted by Crippen LogP contribution is -2.03. The molecule has 0 spiro atoms. The first kappa shape index (κ1) is 16.5. The molecule has 0 aliphatic carbocycles. The molecule has 0 amide bonds. The number of hydrogen-bond donors (Lipinski definition) is 0. The zero-order chi connectivity index (χ0) is 17.3. The highest BCUT2D eigenvalue weighted by Crippen LogP contribution is 2.38. The minimum absolute atomic E-state index is 0.0518. The number of benzene rings is 2. The average molecular weight is 373 g/mol. The Morgan fingerprint density at radius 3 is 2.42 bits per heavy atom. The van der Waals surface area contributed by atoms with Gasteiger partial charge in [-0.25, -0.2) is 4.79 Å². The van der Waals surface area contributed by atoms with E-state index in [1.165, 1.54) is 18.2 Å². The van der Waals surface area contributed by atoms with E-state index in [1.54, 1.807) is 18.2 Å². The van der Waals surface area contributed by atoms with Crippen molar-refractivity contribution in [2.24, 2.45) is 0 Å². The van der Waals surface area contributed by atoms with Gasteiger partial charge in [-0.2, -0.15) is 8.78 Å². The van der Waals surface area contributed by atoms with E-state index in [-0.39, 0.29) is 38.3 Å². The van der Waals surface area contributed by atoms with Gasteiger partial charge < -0.3 is 13.9 Å². The molecular weight excluding hydrogens is 365 g/mol. The molecule has 0 unspecified atom stereocenters. The van der Waals surface area contributed by atoms with Crippen LogP contribution >= 0.6 is 23.2 Å². The predicted octanol–water partition coefficient (Wildman–Crippen LogP) is 5.49. The van der Waals surface area contributed by atoms with Crippen LogP contribution < -0.4 is 15.1 Å². The van der Waals surface area contributed by atoms with Gasteiger partial charge in [0.2, 0.25) is 0 Å². The Hall–Kier alpha value is -2.31. The largest absolute Gasteiger partial charge is 0.453 e. The zero-order valence-corrected chi connectivity index (χ0v) is 13.3. The molecule has 0 radical (unpaired) electrons. The Labute approximate surface area is 144 Å². The highest BCUT2D eigenvalue weighted by molar-refractivity contribution is 6.37. The standard InChI is InChI=1S/C16H8Cl2F2O4/c17-10-2-1-3-11(18)15(10)24-13-7-14(21)23-12-5-4-8(6-9(12)13)22-16(19)20/h1-7,16H. The van der Waals surface area contributed by atoms with Crippen molar-refractivity contribution in [1.82, 2.24) is 0 Å². The fraction of sp³-hybridized carbons (Fsp3) is 0.0625. The van der Waals surface area contributed by atoms with Crippen LogP contribution in [-0.4, -0.2) is 6.61 Å². The van der Waals surface area contributed by atoms with Crippen LogP contribution in [0.25, 0.3) is 11.0 Å². The second-order valence-electron chi connectivity index (χ2n) is 4.62. The van der Waals surface area contributed by atoms with Crippen molar-refractivity contribution in [3.05, 3.63) is 62.9 Å². The molecule has 1 aromatic heterocycles. The molecule has 0 saturated heterocycles. The summed E-state index contributed by atoms with van der Waals surface area (Å²) in [5.41, 5.74) is -0.537. The van der Waals surface area contributed by atoms with Gasteiger partial charge in [-0.15, -0.1) is 0 Å². The Balaban J connectivity index is 2.13. The summed E-state index contributed by atoms with van der Waals surface area (Å²) in [5, 5.41) is 0.705. The third-order valence-electron chi connectivity index (χ3n) is 3.03. The molecular formula is C16H8Cl2F2O4. The highest BCUT2D eigenvalue weighted by atomic mass is 35.5. The second-order valence-corrected chi connectivity index (χ2v) is 5.43. The lowest BCUT2D eigenvalue weighted by atomic mass is 10.2. The molecule has 0 saturated carbocycles. The van der Waals surface area contributed by atoms with Crippen LogP contribution in [0.1, 0.15) is 0 Å². The minimum Gasteiger partial charge on any atom is -0.453 e. The van der Waals surface area contributed by atoms with Gasteiger partial charge in [0.1, 0.15) is 17.1 Å². The van der Waals surface area contributed by atoms with Crippen LogP contribution in [0.3, 0.4) is 0 Å². The van der Waals surface area contributed by atoms with Crippen LogP contribution in [0.4, 0.5) is 8.78 Å². The molecule has 2 aromatic carbocycles. The van der Waals surface area contributed by atoms with E-state index in [2.05, 4.69) is 4.74 Å². The van der Waals surface area contributed by atoms with E-state index in [4.69, 9.17) is 32.4 Å². The number of alkyl halides is 2. The number of fused-ring (bicyclic) bond motifs is 1. The van der Waals surface area contributed by atoms with Gasteiger partial charge in [-0.05, 0) is 30.3 Å². The van der Waals surface area contributed by atoms with Gasteiger partial charge in [-0.3, -0.25) is 0 Å². The van der Waals surface area contributed by atoms with E-state index >= 15 is 0 Å². The lowest BCUT2D eigenvalue weighted by Gasteiger charge is -2.12. The predicted molar refractivity (Wildman–Crippen MR) is 85.7 cm³/mol. The summed E-state index contributed by atoms with van der Waals surface area (Å²) in [7, 11) is 0. The van der Waals surface area contributed by atoms with Gasteiger partial charge in [-0.1, -0.05) is 29.3 Å². The zero-order valence-electron chi connectivity index (χ0n) is 11.8. The summed E-state index contributed by atoms with van der Waals surface area (Å²) in [5.74, 6) is 0.0744. The normalized spacial score (nSPS) is 11.0. The Kier molecular flexibility index (Phi) is 4.59. The Bertz CT molecular complexity index is 936. The van der Waals surface area contributed by atoms with Gasteiger partial charge in [0.05, 0.1) is 21.5 Å². The van der Waals surface area contributed by atoms with Crippen LogP contribution in [0.2, 0.25) is 10.0 Å². The molecule has 0 N–H and O–H groups in total. The van der Waals surface area contributed by atoms with Crippen molar-refractivity contribution in [1.29, 1.82) is 0 Å². The molecule has 124 valence electrons. The number of ether oxygens (including phenoxy) is 2. The second kappa shape index (κ2) is 6.67. The molecule has 4 nitrogen and oxygen atoms in total. The van der Waals surface area contributed by atoms with Crippen molar-refractivity contribution >= 4 is 34.2 Å². The average Bonchev–Trinajstić information content (AvgIpc) is 2.51. The maximum absolute atomic E-state index is 12.4. The molecule has 0 aliphatic heterocycles. The first-order valence-electron chi connectivity index (χ1n) is 6.58. The first-order chi connectivity index (χ1) is 11.4. The van der Waals surface area contributed by atoms with Gasteiger partial charge in [0, 0.05) is 0 Å². The summed E-state index contributed by atoms with van der Waals surface area (Å²) >= 11 is 12.1. The number of hydrogen-bond acceptors (Lipinski definition) is 4. The monoisotopic (exact) mass is 372 g/mol. The van der Waals surface area contributed by atoms with Crippen molar-refractivity contribution < 1.29 is 22.7 Å². The van der Waals surface area contributed by atoms with Crippen molar-refractivity contribution in [2.45, 2.75) is 6.61 Å². The fourth-order valence-electron chi connectivity index (χ4n) is 2.06. The van der Waals surface area contributed by atoms with Crippen molar-refractivity contribution in [3.63, 3.8) is 0 Å². The Morgan fingerprint density at radius 1 is 1.04 bits per heavy atom. The van der Waals surface area contributed by atoms with Crippen LogP contribution in [0.15, 0.2) is 51.7 Å². The summed E-state index contributed by atoms with van der Waals surface area (Å²) in [4.78, 5) is 11.7. The maximum atomic E-state index is 12.4. The number of para-hydroxylation sites is 1. The first-order valence-corrected chi connectivity index (χ1v) is 7.34. The topological polar surface area (TPSA) is 48.7 Å². The number of rotatable bonds is 4. The summed E-state index contributed by atoms with van der Waals surface area (Å²) < 4.78 is 39.7. The molecule has 8 heteroatoms. The summed E-state index contributed by atoms with van der Waals surface area (Å²) in [6, 6.07) is 9.66. The Morgan fingerprint density at radius 2 is 1.75 bits per heavy atom. The van der Waals surface area contributed by atoms with E-state index in [0.717, 1.165) is 6.07 Å². The van der Waals surface area contributed by atoms with Gasteiger partial charge in [0.15, 0.2) is 5.75 Å². The van der Waals surface area contributed by atoms with E-state index in [1.807, 2.05) is 0 Å². The molecule has 3 aromatic rings. The van der Waals surface area contributed by atoms with Gasteiger partial charge in [0.25, 0.3) is 0 Å². The van der Waals surface area contributed by atoms with Crippen LogP contribution in [0.5, 0.6) is 17.2 Å². The maximum Gasteiger partial charge on any atom is 0.387 e. The molecule has 0 fully saturated rings. The minimum atomic E-state index is -2.99. The highest BCUT2D eigenvalue weighted by Gasteiger charge is 2.14. The smallest absolute Gasteiger partial charge is 0.387 e. The van der Waals surface area contributed by atoms with Crippen molar-refractivity contribution in [2.75, 3.05) is 0 Å². The molecule has 1 heterocycles. The van der Waals surface area contributed by atoms with Crippen molar-refractivity contribution in [3.8, 4) is 17.2 Å². The van der Waals surface area contributed by atoms with Gasteiger partial charge >= 0.3 is 12.2 Å². The number of halogens is 4. The molecule has 24 heavy (non-hydrogen) atoms. The quantitative estimate of drug-likeness (QED) is 0.567. The fourth-order valence-corrected chi connectivity index (χ4v) is 2.54. The van der Waals surface area contributed by atoms with Crippen LogP contribution in [-0.2, 0) is 0 Å². The van der Waals surface area contributed by atoms with Crippen LogP contribution in [0, 0.1) is 0 Å². The summed E-state index contributed by atoms with van der Waals surface area (Å²) in [6.07, 6.45) is 0. The third kappa shape index (κ3) is 3.44. The molecule has 3 rings (SSSR count). The molecule has 0 atom stereocenters. The molecule has 0 aliphatic rings. The SMILES string of the molecule is O=c1cc(Oc2c(Cl)cccc2Cl)c2cc(OC(F)F)ccc2o1. The molecule has 0 bridgehead atoms. The van der Waals surface area contributed by atoms with E-state index in [0.29, 0.717) is 0 Å². The summed E-state index contributed by atoms with van der Waals surface area (Å²) in [6.45, 7) is -2.99. The van der Waals surface area contributed by atoms with E-state index in [9.17, 15) is 13.6 Å². The lowest BCUT2D eigenvalue weighted by molar-refractivity contribution is -0.0497. The van der Waals surface area contributed by atoms with E-state index < -0.39 is 12.2 Å². The third-order valence-corrected chi connectivity index (χ3v) is 3.63.